The van der Waals surface area contributed by atoms with Crippen molar-refractivity contribution in [1.82, 2.24) is 4.98 Å². The number of hydrogen-bond donors (Lipinski definition) is 1. The highest BCUT2D eigenvalue weighted by atomic mass is 35.5. The number of halogens is 1. The van der Waals surface area contributed by atoms with Gasteiger partial charge in [-0.3, -0.25) is 0 Å². The average Bonchev–Trinajstić information content (AvgIpc) is 2.24. The predicted octanol–water partition coefficient (Wildman–Crippen LogP) is 2.67. The van der Waals surface area contributed by atoms with E-state index in [1.54, 1.807) is 6.07 Å². The molecule has 0 saturated heterocycles. The molecule has 0 fully saturated rings. The van der Waals surface area contributed by atoms with Gasteiger partial charge in [0.2, 0.25) is 0 Å². The number of carboxylic acids is 1. The third kappa shape index (κ3) is 3.10. The molecule has 88 valence electrons. The summed E-state index contributed by atoms with van der Waals surface area (Å²) < 4.78 is 0. The molecular formula is C11H15ClN2O2. The summed E-state index contributed by atoms with van der Waals surface area (Å²) in [5, 5.41) is 9.13. The van der Waals surface area contributed by atoms with Crippen LogP contribution in [0.5, 0.6) is 0 Å². The Morgan fingerprint density at radius 2 is 2.19 bits per heavy atom. The van der Waals surface area contributed by atoms with Crippen LogP contribution in [0, 0.1) is 0 Å². The minimum absolute atomic E-state index is 0.171. The van der Waals surface area contributed by atoms with E-state index in [1.807, 2.05) is 11.8 Å². The Morgan fingerprint density at radius 3 is 2.69 bits per heavy atom. The van der Waals surface area contributed by atoms with Crippen molar-refractivity contribution in [2.75, 3.05) is 18.0 Å². The second-order valence-electron chi connectivity index (χ2n) is 3.42. The average molecular weight is 243 g/mol. The first-order valence-electron chi connectivity index (χ1n) is 5.24. The van der Waals surface area contributed by atoms with E-state index in [0.29, 0.717) is 5.82 Å². The fourth-order valence-electron chi connectivity index (χ4n) is 1.47. The van der Waals surface area contributed by atoms with Crippen LogP contribution in [0.2, 0.25) is 5.15 Å². The Bertz CT molecular complexity index is 382. The molecule has 5 heteroatoms. The molecule has 1 N–H and O–H groups in total. The van der Waals surface area contributed by atoms with Gasteiger partial charge in [-0.05, 0) is 25.5 Å². The highest BCUT2D eigenvalue weighted by Gasteiger charge is 2.11. The maximum Gasteiger partial charge on any atom is 0.335 e. The number of anilines is 1. The minimum atomic E-state index is -0.988. The second kappa shape index (κ2) is 5.70. The van der Waals surface area contributed by atoms with Gasteiger partial charge in [0.25, 0.3) is 0 Å². The molecule has 0 spiro atoms. The van der Waals surface area contributed by atoms with Crippen LogP contribution >= 0.6 is 11.6 Å². The van der Waals surface area contributed by atoms with Gasteiger partial charge in [-0.2, -0.15) is 0 Å². The van der Waals surface area contributed by atoms with Gasteiger partial charge in [0.1, 0.15) is 11.0 Å². The maximum atomic E-state index is 10.9. The molecule has 0 aliphatic rings. The molecule has 0 amide bonds. The summed E-state index contributed by atoms with van der Waals surface area (Å²) in [7, 11) is 0. The van der Waals surface area contributed by atoms with Gasteiger partial charge in [-0.15, -0.1) is 0 Å². The molecule has 4 nitrogen and oxygen atoms in total. The monoisotopic (exact) mass is 242 g/mol. The van der Waals surface area contributed by atoms with Crippen LogP contribution in [-0.4, -0.2) is 29.1 Å². The van der Waals surface area contributed by atoms with Gasteiger partial charge in [-0.1, -0.05) is 18.5 Å². The first-order chi connectivity index (χ1) is 7.58. The van der Waals surface area contributed by atoms with Crippen molar-refractivity contribution in [3.05, 3.63) is 22.8 Å². The van der Waals surface area contributed by atoms with Crippen molar-refractivity contribution in [3.8, 4) is 0 Å². The van der Waals surface area contributed by atoms with Crippen LogP contribution in [-0.2, 0) is 0 Å². The van der Waals surface area contributed by atoms with Crippen molar-refractivity contribution in [1.29, 1.82) is 0 Å². The first kappa shape index (κ1) is 12.8. The van der Waals surface area contributed by atoms with E-state index in [2.05, 4.69) is 11.9 Å². The minimum Gasteiger partial charge on any atom is -0.478 e. The Kier molecular flexibility index (Phi) is 4.55. The fraction of sp³-hybridized carbons (Fsp3) is 0.455. The highest BCUT2D eigenvalue weighted by molar-refractivity contribution is 6.29. The third-order valence-electron chi connectivity index (χ3n) is 2.23. The van der Waals surface area contributed by atoms with E-state index >= 15 is 0 Å². The van der Waals surface area contributed by atoms with Crippen LogP contribution in [0.25, 0.3) is 0 Å². The quantitative estimate of drug-likeness (QED) is 0.807. The molecule has 1 heterocycles. The summed E-state index contributed by atoms with van der Waals surface area (Å²) in [6.45, 7) is 5.67. The van der Waals surface area contributed by atoms with Gasteiger partial charge in [0.15, 0.2) is 0 Å². The number of aromatic carboxylic acids is 1. The number of pyridine rings is 1. The zero-order valence-corrected chi connectivity index (χ0v) is 10.2. The molecule has 0 aliphatic heterocycles. The molecule has 0 saturated carbocycles. The van der Waals surface area contributed by atoms with E-state index < -0.39 is 5.97 Å². The Labute approximate surface area is 99.9 Å². The predicted molar refractivity (Wildman–Crippen MR) is 64.4 cm³/mol. The summed E-state index contributed by atoms with van der Waals surface area (Å²) in [5.41, 5.74) is 0.171. The fourth-order valence-corrected chi connectivity index (χ4v) is 1.68. The van der Waals surface area contributed by atoms with Crippen LogP contribution < -0.4 is 4.90 Å². The van der Waals surface area contributed by atoms with Crippen molar-refractivity contribution < 1.29 is 9.90 Å². The molecule has 16 heavy (non-hydrogen) atoms. The zero-order chi connectivity index (χ0) is 12.1. The number of carbonyl (C=O) groups is 1. The van der Waals surface area contributed by atoms with Crippen LogP contribution in [0.4, 0.5) is 5.82 Å². The lowest BCUT2D eigenvalue weighted by Crippen LogP contribution is -2.24. The summed E-state index contributed by atoms with van der Waals surface area (Å²) in [6, 6.07) is 2.90. The van der Waals surface area contributed by atoms with Crippen molar-refractivity contribution in [2.45, 2.75) is 20.3 Å². The normalized spacial score (nSPS) is 10.2. The number of carboxylic acid groups (broad SMARTS) is 1. The SMILES string of the molecule is CCCN(CC)c1cc(C(=O)O)cc(Cl)n1. The largest absolute Gasteiger partial charge is 0.478 e. The highest BCUT2D eigenvalue weighted by Crippen LogP contribution is 2.18. The van der Waals surface area contributed by atoms with Crippen molar-refractivity contribution >= 4 is 23.4 Å². The Balaban J connectivity index is 3.07. The Morgan fingerprint density at radius 1 is 1.50 bits per heavy atom. The van der Waals surface area contributed by atoms with E-state index in [4.69, 9.17) is 16.7 Å². The lowest BCUT2D eigenvalue weighted by molar-refractivity contribution is 0.0697. The number of aromatic nitrogens is 1. The first-order valence-corrected chi connectivity index (χ1v) is 5.62. The number of hydrogen-bond acceptors (Lipinski definition) is 3. The number of rotatable bonds is 5. The maximum absolute atomic E-state index is 10.9. The molecule has 0 aliphatic carbocycles. The molecule has 1 rings (SSSR count). The van der Waals surface area contributed by atoms with Crippen molar-refractivity contribution in [2.24, 2.45) is 0 Å². The smallest absolute Gasteiger partial charge is 0.335 e. The van der Waals surface area contributed by atoms with Gasteiger partial charge in [0, 0.05) is 13.1 Å². The lowest BCUT2D eigenvalue weighted by atomic mass is 10.2. The van der Waals surface area contributed by atoms with E-state index in [0.717, 1.165) is 19.5 Å². The second-order valence-corrected chi connectivity index (χ2v) is 3.81. The summed E-state index contributed by atoms with van der Waals surface area (Å²) >= 11 is 5.79. The molecule has 0 aromatic carbocycles. The number of nitrogens with zero attached hydrogens (tertiary/aromatic N) is 2. The molecule has 1 aromatic rings. The summed E-state index contributed by atoms with van der Waals surface area (Å²) in [6.07, 6.45) is 0.977. The third-order valence-corrected chi connectivity index (χ3v) is 2.42. The van der Waals surface area contributed by atoms with Gasteiger partial charge in [0.05, 0.1) is 5.56 Å². The molecule has 0 radical (unpaired) electrons. The molecular weight excluding hydrogens is 228 g/mol. The molecule has 0 bridgehead atoms. The zero-order valence-electron chi connectivity index (χ0n) is 9.40. The molecule has 0 atom stereocenters. The van der Waals surface area contributed by atoms with E-state index in [1.165, 1.54) is 6.07 Å². The topological polar surface area (TPSA) is 53.4 Å². The van der Waals surface area contributed by atoms with Crippen LogP contribution in [0.1, 0.15) is 30.6 Å². The molecule has 0 unspecified atom stereocenters. The molecule has 1 aromatic heterocycles. The Hall–Kier alpha value is -1.29. The van der Waals surface area contributed by atoms with E-state index in [9.17, 15) is 4.79 Å². The van der Waals surface area contributed by atoms with E-state index in [-0.39, 0.29) is 10.7 Å². The lowest BCUT2D eigenvalue weighted by Gasteiger charge is -2.21. The van der Waals surface area contributed by atoms with Crippen LogP contribution in [0.15, 0.2) is 12.1 Å². The van der Waals surface area contributed by atoms with Crippen molar-refractivity contribution in [3.63, 3.8) is 0 Å². The van der Waals surface area contributed by atoms with Gasteiger partial charge >= 0.3 is 5.97 Å². The summed E-state index contributed by atoms with van der Waals surface area (Å²) in [4.78, 5) is 17.0. The van der Waals surface area contributed by atoms with Gasteiger partial charge in [-0.25, -0.2) is 9.78 Å². The standard InChI is InChI=1S/C11H15ClN2O2/c1-3-5-14(4-2)10-7-8(11(15)16)6-9(12)13-10/h6-7H,3-5H2,1-2H3,(H,15,16). The summed E-state index contributed by atoms with van der Waals surface area (Å²) in [5.74, 6) is -0.368. The van der Waals surface area contributed by atoms with Gasteiger partial charge < -0.3 is 10.0 Å². The van der Waals surface area contributed by atoms with Crippen LogP contribution in [0.3, 0.4) is 0 Å².